The van der Waals surface area contributed by atoms with Gasteiger partial charge >= 0.3 is 0 Å². The highest BCUT2D eigenvalue weighted by molar-refractivity contribution is 7.89. The number of hydrogen-bond acceptors (Lipinski definition) is 4. The SMILES string of the molecule is Cc1ccc(S(=O)(=O)N[C@H](CC(C)C)C(=O)NCc2ccc(N(C)C)cc2)cc1. The van der Waals surface area contributed by atoms with Crippen LogP contribution in [0.2, 0.25) is 0 Å². The molecule has 1 amide bonds. The molecule has 0 fully saturated rings. The average molecular weight is 418 g/mol. The predicted octanol–water partition coefficient (Wildman–Crippen LogP) is 3.07. The summed E-state index contributed by atoms with van der Waals surface area (Å²) in [6, 6.07) is 13.6. The van der Waals surface area contributed by atoms with E-state index in [1.807, 2.05) is 64.0 Å². The van der Waals surface area contributed by atoms with Crippen LogP contribution in [-0.4, -0.2) is 34.5 Å². The largest absolute Gasteiger partial charge is 0.378 e. The molecule has 0 saturated heterocycles. The van der Waals surface area contributed by atoms with Gasteiger partial charge in [-0.15, -0.1) is 0 Å². The van der Waals surface area contributed by atoms with Gasteiger partial charge in [0, 0.05) is 26.3 Å². The molecule has 0 aliphatic carbocycles. The van der Waals surface area contributed by atoms with E-state index in [1.54, 1.807) is 24.3 Å². The molecule has 0 aliphatic heterocycles. The van der Waals surface area contributed by atoms with Gasteiger partial charge < -0.3 is 10.2 Å². The number of aryl methyl sites for hydroxylation is 1. The van der Waals surface area contributed by atoms with Gasteiger partial charge in [0.05, 0.1) is 4.90 Å². The van der Waals surface area contributed by atoms with E-state index in [9.17, 15) is 13.2 Å². The summed E-state index contributed by atoms with van der Waals surface area (Å²) in [4.78, 5) is 14.9. The Labute approximate surface area is 174 Å². The Morgan fingerprint density at radius 1 is 1.00 bits per heavy atom. The number of carbonyl (C=O) groups is 1. The molecule has 0 spiro atoms. The number of rotatable bonds is 9. The molecule has 1 atom stereocenters. The van der Waals surface area contributed by atoms with E-state index in [-0.39, 0.29) is 16.7 Å². The maximum atomic E-state index is 12.7. The lowest BCUT2D eigenvalue weighted by molar-refractivity contribution is -0.123. The minimum Gasteiger partial charge on any atom is -0.378 e. The van der Waals surface area contributed by atoms with E-state index in [1.165, 1.54) is 0 Å². The van der Waals surface area contributed by atoms with Crippen LogP contribution in [0.25, 0.3) is 0 Å². The minimum atomic E-state index is -3.78. The molecule has 0 bridgehead atoms. The number of nitrogens with zero attached hydrogens (tertiary/aromatic N) is 1. The van der Waals surface area contributed by atoms with Crippen molar-refractivity contribution in [3.05, 3.63) is 59.7 Å². The summed E-state index contributed by atoms with van der Waals surface area (Å²) in [5.41, 5.74) is 3.00. The number of hydrogen-bond donors (Lipinski definition) is 2. The van der Waals surface area contributed by atoms with Gasteiger partial charge in [0.25, 0.3) is 0 Å². The third-order valence-corrected chi connectivity index (χ3v) is 6.06. The van der Waals surface area contributed by atoms with Gasteiger partial charge in [0.15, 0.2) is 0 Å². The van der Waals surface area contributed by atoms with Crippen LogP contribution in [0, 0.1) is 12.8 Å². The second kappa shape index (κ2) is 9.89. The number of carbonyl (C=O) groups excluding carboxylic acids is 1. The lowest BCUT2D eigenvalue weighted by atomic mass is 10.0. The monoisotopic (exact) mass is 417 g/mol. The second-order valence-electron chi connectivity index (χ2n) is 7.90. The molecule has 6 nitrogen and oxygen atoms in total. The van der Waals surface area contributed by atoms with Crippen molar-refractivity contribution in [2.75, 3.05) is 19.0 Å². The predicted molar refractivity (Wildman–Crippen MR) is 117 cm³/mol. The summed E-state index contributed by atoms with van der Waals surface area (Å²) in [6.07, 6.45) is 0.413. The lowest BCUT2D eigenvalue weighted by Gasteiger charge is -2.20. The molecule has 0 aromatic heterocycles. The van der Waals surface area contributed by atoms with E-state index < -0.39 is 16.1 Å². The van der Waals surface area contributed by atoms with E-state index >= 15 is 0 Å². The van der Waals surface area contributed by atoms with Gasteiger partial charge in [-0.3, -0.25) is 4.79 Å². The molecule has 2 aromatic carbocycles. The molecule has 0 saturated carbocycles. The maximum Gasteiger partial charge on any atom is 0.241 e. The van der Waals surface area contributed by atoms with Gasteiger partial charge in [0.1, 0.15) is 6.04 Å². The molecule has 0 radical (unpaired) electrons. The number of amides is 1. The first-order chi connectivity index (χ1) is 13.6. The van der Waals surface area contributed by atoms with Crippen LogP contribution in [0.5, 0.6) is 0 Å². The van der Waals surface area contributed by atoms with E-state index in [2.05, 4.69) is 10.0 Å². The van der Waals surface area contributed by atoms with Crippen molar-refractivity contribution in [2.45, 2.75) is 44.7 Å². The zero-order valence-electron chi connectivity index (χ0n) is 17.8. The first kappa shape index (κ1) is 22.9. The van der Waals surface area contributed by atoms with E-state index in [4.69, 9.17) is 0 Å². The number of nitrogens with one attached hydrogen (secondary N) is 2. The van der Waals surface area contributed by atoms with Gasteiger partial charge in [-0.1, -0.05) is 43.7 Å². The molecule has 0 aliphatic rings. The zero-order valence-corrected chi connectivity index (χ0v) is 18.6. The van der Waals surface area contributed by atoms with Crippen LogP contribution in [0.4, 0.5) is 5.69 Å². The third kappa shape index (κ3) is 6.87. The van der Waals surface area contributed by atoms with Crippen LogP contribution in [-0.2, 0) is 21.4 Å². The van der Waals surface area contributed by atoms with Crippen molar-refractivity contribution in [1.29, 1.82) is 0 Å². The summed E-state index contributed by atoms with van der Waals surface area (Å²) in [5, 5.41) is 2.86. The van der Waals surface area contributed by atoms with Crippen molar-refractivity contribution in [2.24, 2.45) is 5.92 Å². The van der Waals surface area contributed by atoms with Crippen molar-refractivity contribution in [3.8, 4) is 0 Å². The summed E-state index contributed by atoms with van der Waals surface area (Å²) >= 11 is 0. The van der Waals surface area contributed by atoms with Crippen LogP contribution in [0.1, 0.15) is 31.4 Å². The topological polar surface area (TPSA) is 78.5 Å². The van der Waals surface area contributed by atoms with Gasteiger partial charge in [0.2, 0.25) is 15.9 Å². The summed E-state index contributed by atoms with van der Waals surface area (Å²) in [7, 11) is 0.150. The van der Waals surface area contributed by atoms with E-state index in [0.29, 0.717) is 13.0 Å². The maximum absolute atomic E-state index is 12.7. The highest BCUT2D eigenvalue weighted by Gasteiger charge is 2.26. The molecule has 7 heteroatoms. The highest BCUT2D eigenvalue weighted by Crippen LogP contribution is 2.15. The average Bonchev–Trinajstić information content (AvgIpc) is 2.65. The molecule has 2 rings (SSSR count). The van der Waals surface area contributed by atoms with Crippen LogP contribution < -0.4 is 14.9 Å². The first-order valence-electron chi connectivity index (χ1n) is 9.71. The quantitative estimate of drug-likeness (QED) is 0.657. The smallest absolute Gasteiger partial charge is 0.241 e. The lowest BCUT2D eigenvalue weighted by Crippen LogP contribution is -2.47. The highest BCUT2D eigenvalue weighted by atomic mass is 32.2. The van der Waals surface area contributed by atoms with Crippen LogP contribution >= 0.6 is 0 Å². The molecule has 2 N–H and O–H groups in total. The van der Waals surface area contributed by atoms with Crippen molar-refractivity contribution in [3.63, 3.8) is 0 Å². The zero-order chi connectivity index (χ0) is 21.6. The fourth-order valence-electron chi connectivity index (χ4n) is 2.88. The third-order valence-electron chi connectivity index (χ3n) is 4.57. The standard InChI is InChI=1S/C22H31N3O3S/c1-16(2)14-21(24-29(27,28)20-12-6-17(3)7-13-20)22(26)23-15-18-8-10-19(11-9-18)25(4)5/h6-13,16,21,24H,14-15H2,1-5H3,(H,23,26)/t21-/m1/s1. The van der Waals surface area contributed by atoms with Gasteiger partial charge in [-0.2, -0.15) is 4.72 Å². The van der Waals surface area contributed by atoms with Crippen molar-refractivity contribution in [1.82, 2.24) is 10.0 Å². The van der Waals surface area contributed by atoms with Crippen LogP contribution in [0.15, 0.2) is 53.4 Å². The Balaban J connectivity index is 2.08. The summed E-state index contributed by atoms with van der Waals surface area (Å²) < 4.78 is 28.0. The first-order valence-corrected chi connectivity index (χ1v) is 11.2. The summed E-state index contributed by atoms with van der Waals surface area (Å²) in [5.74, 6) is -0.170. The number of sulfonamides is 1. The Bertz CT molecular complexity index is 905. The summed E-state index contributed by atoms with van der Waals surface area (Å²) in [6.45, 7) is 6.15. The molecular formula is C22H31N3O3S. The normalized spacial score (nSPS) is 12.6. The Morgan fingerprint density at radius 2 is 1.59 bits per heavy atom. The fraction of sp³-hybridized carbons (Fsp3) is 0.409. The molecule has 2 aromatic rings. The Hall–Kier alpha value is -2.38. The molecular weight excluding hydrogens is 386 g/mol. The molecule has 0 unspecified atom stereocenters. The molecule has 29 heavy (non-hydrogen) atoms. The number of anilines is 1. The number of benzene rings is 2. The Kier molecular flexibility index (Phi) is 7.81. The Morgan fingerprint density at radius 3 is 2.10 bits per heavy atom. The second-order valence-corrected chi connectivity index (χ2v) is 9.61. The van der Waals surface area contributed by atoms with Crippen LogP contribution in [0.3, 0.4) is 0 Å². The molecule has 0 heterocycles. The minimum absolute atomic E-state index is 0.156. The van der Waals surface area contributed by atoms with Crippen molar-refractivity contribution >= 4 is 21.6 Å². The fourth-order valence-corrected chi connectivity index (χ4v) is 4.09. The van der Waals surface area contributed by atoms with Crippen molar-refractivity contribution < 1.29 is 13.2 Å². The van der Waals surface area contributed by atoms with E-state index in [0.717, 1.165) is 16.8 Å². The van der Waals surface area contributed by atoms with Gasteiger partial charge in [-0.25, -0.2) is 8.42 Å². The molecule has 158 valence electrons. The van der Waals surface area contributed by atoms with Gasteiger partial charge in [-0.05, 0) is 49.1 Å².